The van der Waals surface area contributed by atoms with Crippen molar-refractivity contribution in [2.24, 2.45) is 5.92 Å². The average molecular weight is 362 g/mol. The Balaban J connectivity index is 2.22. The first kappa shape index (κ1) is 20.3. The van der Waals surface area contributed by atoms with Gasteiger partial charge in [-0.1, -0.05) is 32.4 Å². The quantitative estimate of drug-likeness (QED) is 0.625. The third-order valence-corrected chi connectivity index (χ3v) is 5.04. The van der Waals surface area contributed by atoms with Crippen LogP contribution in [-0.2, 0) is 4.79 Å². The molecule has 1 aromatic rings. The van der Waals surface area contributed by atoms with Crippen molar-refractivity contribution in [2.75, 3.05) is 13.7 Å². The minimum absolute atomic E-state index is 0.0988. The maximum atomic E-state index is 13.0. The molecule has 0 aliphatic carbocycles. The van der Waals surface area contributed by atoms with E-state index in [4.69, 9.17) is 4.74 Å². The van der Waals surface area contributed by atoms with Crippen molar-refractivity contribution < 1.29 is 24.4 Å². The predicted octanol–water partition coefficient (Wildman–Crippen LogP) is 0.843. The molecule has 7 nitrogen and oxygen atoms in total. The van der Waals surface area contributed by atoms with Gasteiger partial charge >= 0.3 is 7.12 Å². The first-order valence-corrected chi connectivity index (χ1v) is 9.01. The second kappa shape index (κ2) is 9.05. The van der Waals surface area contributed by atoms with Crippen molar-refractivity contribution in [1.29, 1.82) is 0 Å². The zero-order valence-corrected chi connectivity index (χ0v) is 15.5. The summed E-state index contributed by atoms with van der Waals surface area (Å²) in [5, 5.41) is 21.9. The summed E-state index contributed by atoms with van der Waals surface area (Å²) >= 11 is 0. The molecular weight excluding hydrogens is 335 g/mol. The van der Waals surface area contributed by atoms with Gasteiger partial charge in [-0.15, -0.1) is 0 Å². The summed E-state index contributed by atoms with van der Waals surface area (Å²) in [6.07, 6.45) is 1.95. The number of likely N-dealkylation sites (tertiary alicyclic amines) is 1. The Kier molecular flexibility index (Phi) is 7.05. The van der Waals surface area contributed by atoms with E-state index in [0.717, 1.165) is 0 Å². The molecule has 1 aromatic carbocycles. The number of methoxy groups -OCH3 is 1. The number of carbonyl (C=O) groups is 2. The lowest BCUT2D eigenvalue weighted by Crippen LogP contribution is -2.55. The molecule has 3 N–H and O–H groups in total. The van der Waals surface area contributed by atoms with E-state index in [9.17, 15) is 19.6 Å². The van der Waals surface area contributed by atoms with Gasteiger partial charge in [-0.05, 0) is 30.9 Å². The van der Waals surface area contributed by atoms with Gasteiger partial charge in [-0.25, -0.2) is 0 Å². The Labute approximate surface area is 154 Å². The number of hydrogen-bond acceptors (Lipinski definition) is 5. The lowest BCUT2D eigenvalue weighted by molar-refractivity contribution is -0.134. The Morgan fingerprint density at radius 1 is 1.38 bits per heavy atom. The van der Waals surface area contributed by atoms with Crippen LogP contribution in [0.2, 0.25) is 0 Å². The van der Waals surface area contributed by atoms with E-state index in [1.165, 1.54) is 12.0 Å². The summed E-state index contributed by atoms with van der Waals surface area (Å²) in [6.45, 7) is 4.30. The van der Waals surface area contributed by atoms with E-state index < -0.39 is 19.1 Å². The van der Waals surface area contributed by atoms with Gasteiger partial charge in [-0.3, -0.25) is 9.59 Å². The number of nitrogens with one attached hydrogen (secondary N) is 1. The predicted molar refractivity (Wildman–Crippen MR) is 98.6 cm³/mol. The highest BCUT2D eigenvalue weighted by Gasteiger charge is 2.40. The number of carbonyl (C=O) groups excluding carboxylic acids is 2. The highest BCUT2D eigenvalue weighted by molar-refractivity contribution is 6.43. The molecule has 8 heteroatoms. The van der Waals surface area contributed by atoms with Crippen LogP contribution < -0.4 is 10.1 Å². The van der Waals surface area contributed by atoms with Crippen LogP contribution in [0.25, 0.3) is 0 Å². The first-order chi connectivity index (χ1) is 12.4. The molecule has 0 aromatic heterocycles. The summed E-state index contributed by atoms with van der Waals surface area (Å²) in [5.74, 6) is -0.958. The molecule has 0 bridgehead atoms. The van der Waals surface area contributed by atoms with Crippen molar-refractivity contribution >= 4 is 18.9 Å². The highest BCUT2D eigenvalue weighted by Crippen LogP contribution is 2.23. The van der Waals surface area contributed by atoms with Gasteiger partial charge in [-0.2, -0.15) is 0 Å². The SMILES string of the molecule is CCC(C)[C@H](NC(=O)c1ccccc1OC)C(=O)N1CCC[C@H]1B(O)O. The van der Waals surface area contributed by atoms with Gasteiger partial charge in [0.2, 0.25) is 5.91 Å². The first-order valence-electron chi connectivity index (χ1n) is 9.01. The fourth-order valence-corrected chi connectivity index (χ4v) is 3.29. The fraction of sp³-hybridized carbons (Fsp3) is 0.556. The van der Waals surface area contributed by atoms with Gasteiger partial charge < -0.3 is 25.0 Å². The fourth-order valence-electron chi connectivity index (χ4n) is 3.29. The van der Waals surface area contributed by atoms with Crippen LogP contribution >= 0.6 is 0 Å². The molecular formula is C18H27BN2O5. The summed E-state index contributed by atoms with van der Waals surface area (Å²) in [7, 11) is -0.0927. The number of benzene rings is 1. The number of nitrogens with zero attached hydrogens (tertiary/aromatic N) is 1. The van der Waals surface area contributed by atoms with E-state index in [2.05, 4.69) is 5.32 Å². The molecule has 1 aliphatic rings. The van der Waals surface area contributed by atoms with Gasteiger partial charge in [0.15, 0.2) is 0 Å². The highest BCUT2D eigenvalue weighted by atomic mass is 16.5. The summed E-state index contributed by atoms with van der Waals surface area (Å²) < 4.78 is 5.22. The average Bonchev–Trinajstić information content (AvgIpc) is 3.14. The molecule has 26 heavy (non-hydrogen) atoms. The van der Waals surface area contributed by atoms with Crippen LogP contribution in [0.1, 0.15) is 43.5 Å². The molecule has 2 amide bonds. The maximum Gasteiger partial charge on any atom is 0.475 e. The standard InChI is InChI=1S/C18H27BN2O5/c1-4-12(2)16(18(23)21-11-7-10-15(21)19(24)25)20-17(22)13-8-5-6-9-14(13)26-3/h5-6,8-9,12,15-16,24-25H,4,7,10-11H2,1-3H3,(H,20,22)/t12?,15-,16-/m0/s1. The lowest BCUT2D eigenvalue weighted by atomic mass is 9.77. The minimum atomic E-state index is -1.58. The Hall–Kier alpha value is -2.06. The van der Waals surface area contributed by atoms with Crippen molar-refractivity contribution in [3.8, 4) is 5.75 Å². The van der Waals surface area contributed by atoms with E-state index in [-0.39, 0.29) is 17.7 Å². The van der Waals surface area contributed by atoms with E-state index in [0.29, 0.717) is 37.1 Å². The molecule has 1 heterocycles. The summed E-state index contributed by atoms with van der Waals surface area (Å²) in [5.41, 5.74) is 0.358. The number of ether oxygens (including phenoxy) is 1. The topological polar surface area (TPSA) is 99.1 Å². The molecule has 1 aliphatic heterocycles. The third kappa shape index (κ3) is 4.37. The molecule has 0 radical (unpaired) electrons. The van der Waals surface area contributed by atoms with E-state index >= 15 is 0 Å². The summed E-state index contributed by atoms with van der Waals surface area (Å²) in [6, 6.07) is 6.09. The van der Waals surface area contributed by atoms with Crippen LogP contribution in [0.4, 0.5) is 0 Å². The molecule has 0 saturated carbocycles. The van der Waals surface area contributed by atoms with Crippen molar-refractivity contribution in [3.63, 3.8) is 0 Å². The van der Waals surface area contributed by atoms with Crippen LogP contribution in [0.5, 0.6) is 5.75 Å². The van der Waals surface area contributed by atoms with Gasteiger partial charge in [0, 0.05) is 6.54 Å². The second-order valence-corrected chi connectivity index (χ2v) is 6.69. The number of hydrogen-bond donors (Lipinski definition) is 3. The summed E-state index contributed by atoms with van der Waals surface area (Å²) in [4.78, 5) is 27.2. The second-order valence-electron chi connectivity index (χ2n) is 6.69. The van der Waals surface area contributed by atoms with Crippen molar-refractivity contribution in [2.45, 2.75) is 45.1 Å². The maximum absolute atomic E-state index is 13.0. The van der Waals surface area contributed by atoms with E-state index in [1.54, 1.807) is 24.3 Å². The lowest BCUT2D eigenvalue weighted by Gasteiger charge is -2.31. The van der Waals surface area contributed by atoms with Crippen LogP contribution in [0.3, 0.4) is 0 Å². The third-order valence-electron chi connectivity index (χ3n) is 5.04. The normalized spacial score (nSPS) is 19.0. The van der Waals surface area contributed by atoms with Gasteiger partial charge in [0.1, 0.15) is 11.8 Å². The monoisotopic (exact) mass is 362 g/mol. The van der Waals surface area contributed by atoms with Crippen molar-refractivity contribution in [3.05, 3.63) is 29.8 Å². The zero-order valence-electron chi connectivity index (χ0n) is 15.5. The number of amides is 2. The van der Waals surface area contributed by atoms with E-state index in [1.807, 2.05) is 13.8 Å². The molecule has 1 saturated heterocycles. The van der Waals surface area contributed by atoms with Crippen molar-refractivity contribution in [1.82, 2.24) is 10.2 Å². The molecule has 2 rings (SSSR count). The van der Waals surface area contributed by atoms with Crippen LogP contribution in [-0.4, -0.2) is 59.5 Å². The Bertz CT molecular complexity index is 640. The zero-order chi connectivity index (χ0) is 19.3. The number of para-hydroxylation sites is 1. The van der Waals surface area contributed by atoms with Gasteiger partial charge in [0.25, 0.3) is 5.91 Å². The Morgan fingerprint density at radius 2 is 2.08 bits per heavy atom. The van der Waals surface area contributed by atoms with Crippen LogP contribution in [0, 0.1) is 5.92 Å². The minimum Gasteiger partial charge on any atom is -0.496 e. The molecule has 1 unspecified atom stereocenters. The number of rotatable bonds is 7. The molecule has 1 fully saturated rings. The largest absolute Gasteiger partial charge is 0.496 e. The van der Waals surface area contributed by atoms with Crippen LogP contribution in [0.15, 0.2) is 24.3 Å². The molecule has 3 atom stereocenters. The smallest absolute Gasteiger partial charge is 0.475 e. The molecule has 0 spiro atoms. The van der Waals surface area contributed by atoms with Gasteiger partial charge in [0.05, 0.1) is 18.6 Å². The Morgan fingerprint density at radius 3 is 2.69 bits per heavy atom. The molecule has 142 valence electrons.